The minimum absolute atomic E-state index is 0.214. The van der Waals surface area contributed by atoms with Crippen LogP contribution in [0.1, 0.15) is 36.5 Å². The Morgan fingerprint density at radius 2 is 2.10 bits per heavy atom. The summed E-state index contributed by atoms with van der Waals surface area (Å²) in [6, 6.07) is 1.22. The van der Waals surface area contributed by atoms with E-state index in [0.717, 1.165) is 25.3 Å². The molecule has 1 aromatic rings. The van der Waals surface area contributed by atoms with Crippen LogP contribution < -0.4 is 5.32 Å². The van der Waals surface area contributed by atoms with E-state index in [1.807, 2.05) is 0 Å². The quantitative estimate of drug-likeness (QED) is 0.682. The van der Waals surface area contributed by atoms with Gasteiger partial charge in [-0.05, 0) is 31.7 Å². The number of hydrogen-bond donors (Lipinski definition) is 1. The third kappa shape index (κ3) is 2.61. The van der Waals surface area contributed by atoms with Gasteiger partial charge in [0.25, 0.3) is 5.91 Å². The van der Waals surface area contributed by atoms with E-state index >= 15 is 0 Å². The fourth-order valence-electron chi connectivity index (χ4n) is 2.23. The Hall–Kier alpha value is -2.05. The Kier molecular flexibility index (Phi) is 3.96. The third-order valence-electron chi connectivity index (χ3n) is 3.71. The van der Waals surface area contributed by atoms with E-state index in [-0.39, 0.29) is 6.04 Å². The number of nitro benzene ring substituents is 1. The van der Waals surface area contributed by atoms with E-state index in [9.17, 15) is 23.7 Å². The van der Waals surface area contributed by atoms with Gasteiger partial charge < -0.3 is 5.32 Å². The van der Waals surface area contributed by atoms with Crippen LogP contribution in [-0.4, -0.2) is 16.9 Å². The molecule has 0 radical (unpaired) electrons. The zero-order valence-electron chi connectivity index (χ0n) is 10.9. The summed E-state index contributed by atoms with van der Waals surface area (Å²) in [5.74, 6) is -3.20. The van der Waals surface area contributed by atoms with Gasteiger partial charge in [0.15, 0.2) is 0 Å². The van der Waals surface area contributed by atoms with Crippen molar-refractivity contribution in [1.29, 1.82) is 0 Å². The van der Waals surface area contributed by atoms with Crippen LogP contribution in [0.5, 0.6) is 0 Å². The van der Waals surface area contributed by atoms with Gasteiger partial charge in [-0.25, -0.2) is 4.39 Å². The fraction of sp³-hybridized carbons (Fsp3) is 0.462. The predicted molar refractivity (Wildman–Crippen MR) is 67.3 cm³/mol. The largest absolute Gasteiger partial charge is 0.349 e. The minimum Gasteiger partial charge on any atom is -0.349 e. The zero-order valence-corrected chi connectivity index (χ0v) is 10.9. The number of hydrogen-bond acceptors (Lipinski definition) is 3. The maximum Gasteiger partial charge on any atom is 0.305 e. The first-order valence-electron chi connectivity index (χ1n) is 6.35. The molecule has 1 atom stereocenters. The van der Waals surface area contributed by atoms with Crippen LogP contribution in [0.3, 0.4) is 0 Å². The lowest BCUT2D eigenvalue weighted by atomic mass is 9.80. The molecule has 1 aliphatic rings. The average molecular weight is 284 g/mol. The highest BCUT2D eigenvalue weighted by atomic mass is 19.1. The number of nitrogens with zero attached hydrogens (tertiary/aromatic N) is 1. The highest BCUT2D eigenvalue weighted by Crippen LogP contribution is 2.30. The van der Waals surface area contributed by atoms with Crippen molar-refractivity contribution in [2.75, 3.05) is 0 Å². The average Bonchev–Trinajstić information content (AvgIpc) is 2.25. The molecule has 5 nitrogen and oxygen atoms in total. The lowest BCUT2D eigenvalue weighted by molar-refractivity contribution is -0.387. The summed E-state index contributed by atoms with van der Waals surface area (Å²) in [4.78, 5) is 21.5. The first-order chi connectivity index (χ1) is 9.41. The second kappa shape index (κ2) is 5.52. The maximum atomic E-state index is 13.8. The number of halogens is 2. The van der Waals surface area contributed by atoms with Crippen molar-refractivity contribution in [2.24, 2.45) is 5.92 Å². The summed E-state index contributed by atoms with van der Waals surface area (Å²) < 4.78 is 27.4. The second-order valence-electron chi connectivity index (χ2n) is 4.97. The molecule has 0 aromatic heterocycles. The summed E-state index contributed by atoms with van der Waals surface area (Å²) in [6.07, 6.45) is 2.99. The first-order valence-corrected chi connectivity index (χ1v) is 6.35. The number of amides is 1. The number of rotatable bonds is 4. The molecule has 1 aromatic carbocycles. The summed E-state index contributed by atoms with van der Waals surface area (Å²) in [5, 5.41) is 13.1. The Morgan fingerprint density at radius 1 is 1.45 bits per heavy atom. The molecule has 0 aliphatic heterocycles. The summed E-state index contributed by atoms with van der Waals surface area (Å²) in [7, 11) is 0. The van der Waals surface area contributed by atoms with Gasteiger partial charge in [-0.3, -0.25) is 14.9 Å². The van der Waals surface area contributed by atoms with Crippen LogP contribution in [0.2, 0.25) is 0 Å². The van der Waals surface area contributed by atoms with E-state index < -0.39 is 33.7 Å². The number of carbonyl (C=O) groups excluding carboxylic acids is 1. The summed E-state index contributed by atoms with van der Waals surface area (Å²) in [6.45, 7) is 1.76. The second-order valence-corrected chi connectivity index (χ2v) is 4.97. The van der Waals surface area contributed by atoms with Crippen LogP contribution in [-0.2, 0) is 0 Å². The Labute approximate surface area is 114 Å². The van der Waals surface area contributed by atoms with E-state index in [4.69, 9.17) is 0 Å². The van der Waals surface area contributed by atoms with Gasteiger partial charge in [-0.15, -0.1) is 0 Å². The van der Waals surface area contributed by atoms with Crippen molar-refractivity contribution >= 4 is 11.6 Å². The van der Waals surface area contributed by atoms with Gasteiger partial charge in [0.05, 0.1) is 4.92 Å². The van der Waals surface area contributed by atoms with Crippen molar-refractivity contribution in [1.82, 2.24) is 5.32 Å². The van der Waals surface area contributed by atoms with Gasteiger partial charge in [-0.2, -0.15) is 4.39 Å². The predicted octanol–water partition coefficient (Wildman–Crippen LogP) is 2.79. The third-order valence-corrected chi connectivity index (χ3v) is 3.71. The molecule has 20 heavy (non-hydrogen) atoms. The van der Waals surface area contributed by atoms with E-state index in [1.165, 1.54) is 0 Å². The highest BCUT2D eigenvalue weighted by molar-refractivity contribution is 5.95. The topological polar surface area (TPSA) is 72.2 Å². The first kappa shape index (κ1) is 14.4. The minimum atomic E-state index is -1.44. The maximum absolute atomic E-state index is 13.8. The molecular weight excluding hydrogens is 270 g/mol. The van der Waals surface area contributed by atoms with E-state index in [2.05, 4.69) is 5.32 Å². The number of nitro groups is 1. The molecule has 1 fully saturated rings. The van der Waals surface area contributed by atoms with Crippen LogP contribution in [0.4, 0.5) is 14.5 Å². The Morgan fingerprint density at radius 3 is 2.60 bits per heavy atom. The molecule has 0 heterocycles. The molecule has 0 spiro atoms. The van der Waals surface area contributed by atoms with Crippen molar-refractivity contribution in [2.45, 2.75) is 32.2 Å². The van der Waals surface area contributed by atoms with Crippen LogP contribution >= 0.6 is 0 Å². The van der Waals surface area contributed by atoms with Crippen LogP contribution in [0.25, 0.3) is 0 Å². The highest BCUT2D eigenvalue weighted by Gasteiger charge is 2.30. The zero-order chi connectivity index (χ0) is 14.9. The molecule has 1 amide bonds. The fourth-order valence-corrected chi connectivity index (χ4v) is 2.23. The van der Waals surface area contributed by atoms with E-state index in [0.29, 0.717) is 12.0 Å². The molecule has 0 bridgehead atoms. The summed E-state index contributed by atoms with van der Waals surface area (Å²) in [5.41, 5.74) is -1.81. The van der Waals surface area contributed by atoms with Gasteiger partial charge in [0.1, 0.15) is 11.4 Å². The lowest BCUT2D eigenvalue weighted by Gasteiger charge is -2.31. The SMILES string of the molecule is CC(NC(=O)c1c(F)ccc([N+](=O)[O-])c1F)C1CCC1. The van der Waals surface area contributed by atoms with E-state index in [1.54, 1.807) is 6.92 Å². The monoisotopic (exact) mass is 284 g/mol. The molecule has 1 N–H and O–H groups in total. The normalized spacial score (nSPS) is 16.4. The van der Waals surface area contributed by atoms with Gasteiger partial charge in [0.2, 0.25) is 5.82 Å². The van der Waals surface area contributed by atoms with Gasteiger partial charge in [0, 0.05) is 12.1 Å². The molecule has 1 saturated carbocycles. The van der Waals surface area contributed by atoms with Gasteiger partial charge >= 0.3 is 5.69 Å². The summed E-state index contributed by atoms with van der Waals surface area (Å²) >= 11 is 0. The molecule has 108 valence electrons. The molecular formula is C13H14F2N2O3. The number of carbonyl (C=O) groups is 1. The Balaban J connectivity index is 2.24. The molecule has 0 saturated heterocycles. The number of nitrogens with one attached hydrogen (secondary N) is 1. The lowest BCUT2D eigenvalue weighted by Crippen LogP contribution is -2.41. The van der Waals surface area contributed by atoms with Crippen molar-refractivity contribution < 1.29 is 18.5 Å². The van der Waals surface area contributed by atoms with Crippen molar-refractivity contribution in [3.05, 3.63) is 39.4 Å². The number of benzene rings is 1. The molecule has 1 aliphatic carbocycles. The molecule has 2 rings (SSSR count). The van der Waals surface area contributed by atoms with Crippen LogP contribution in [0.15, 0.2) is 12.1 Å². The van der Waals surface area contributed by atoms with Crippen molar-refractivity contribution in [3.63, 3.8) is 0 Å². The van der Waals surface area contributed by atoms with Crippen molar-refractivity contribution in [3.8, 4) is 0 Å². The van der Waals surface area contributed by atoms with Gasteiger partial charge in [-0.1, -0.05) is 6.42 Å². The molecule has 7 heteroatoms. The molecule has 1 unspecified atom stereocenters. The Bertz CT molecular complexity index is 559. The van der Waals surface area contributed by atoms with Crippen LogP contribution in [0, 0.1) is 27.7 Å². The smallest absolute Gasteiger partial charge is 0.305 e. The standard InChI is InChI=1S/C13H14F2N2O3/c1-7(8-3-2-4-8)16-13(18)11-9(14)5-6-10(12(11)15)17(19)20/h5-8H,2-4H2,1H3,(H,16,18).